The van der Waals surface area contributed by atoms with Gasteiger partial charge in [-0.15, -0.1) is 0 Å². The van der Waals surface area contributed by atoms with Crippen LogP contribution in [0.5, 0.6) is 5.75 Å². The van der Waals surface area contributed by atoms with E-state index in [0.717, 1.165) is 18.4 Å². The summed E-state index contributed by atoms with van der Waals surface area (Å²) < 4.78 is 0.204. The molecule has 13 heavy (non-hydrogen) atoms. The van der Waals surface area contributed by atoms with Gasteiger partial charge in [-0.1, -0.05) is 12.1 Å². The molecule has 2 nitrogen and oxygen atoms in total. The van der Waals surface area contributed by atoms with Crippen LogP contribution < -0.4 is 0 Å². The maximum Gasteiger partial charge on any atom is 0.202 e. The first-order valence-electron chi connectivity index (χ1n) is 4.15. The quantitative estimate of drug-likeness (QED) is 0.670. The molecule has 1 aromatic rings. The Kier molecular flexibility index (Phi) is 2.06. The number of phenols is 1. The van der Waals surface area contributed by atoms with E-state index in [-0.39, 0.29) is 15.0 Å². The monoisotopic (exact) mass is 288 g/mol. The van der Waals surface area contributed by atoms with E-state index in [1.807, 2.05) is 34.7 Å². The van der Waals surface area contributed by atoms with Crippen molar-refractivity contribution in [1.29, 1.82) is 0 Å². The van der Waals surface area contributed by atoms with Crippen molar-refractivity contribution in [1.82, 2.24) is 0 Å². The Morgan fingerprint density at radius 2 is 1.85 bits per heavy atom. The van der Waals surface area contributed by atoms with Gasteiger partial charge in [0, 0.05) is 22.6 Å². The van der Waals surface area contributed by atoms with Gasteiger partial charge in [-0.25, -0.2) is 0 Å². The molecule has 1 saturated carbocycles. The second-order valence-corrected chi connectivity index (χ2v) is 4.38. The lowest BCUT2D eigenvalue weighted by molar-refractivity contribution is -0.111. The predicted octanol–water partition coefficient (Wildman–Crippen LogP) is 2.39. The fourth-order valence-corrected chi connectivity index (χ4v) is 2.35. The average molecular weight is 288 g/mol. The van der Waals surface area contributed by atoms with E-state index in [2.05, 4.69) is 0 Å². The standard InChI is InChI=1S/C10H9IO2/c11-9(13)10(5-6-10)7-1-3-8(12)4-2-7/h1-4,12H,5-6H2. The maximum atomic E-state index is 11.3. The van der Waals surface area contributed by atoms with Crippen LogP contribution in [0.25, 0.3) is 0 Å². The molecule has 0 aromatic heterocycles. The Hall–Kier alpha value is -0.580. The van der Waals surface area contributed by atoms with Crippen LogP contribution in [0.3, 0.4) is 0 Å². The summed E-state index contributed by atoms with van der Waals surface area (Å²) in [5.41, 5.74) is 0.804. The van der Waals surface area contributed by atoms with Crippen LogP contribution >= 0.6 is 22.6 Å². The van der Waals surface area contributed by atoms with Crippen LogP contribution in [0.1, 0.15) is 18.4 Å². The van der Waals surface area contributed by atoms with E-state index < -0.39 is 0 Å². The van der Waals surface area contributed by atoms with Gasteiger partial charge >= 0.3 is 0 Å². The Balaban J connectivity index is 2.36. The smallest absolute Gasteiger partial charge is 0.202 e. The number of carbonyl (C=O) groups excluding carboxylic acids is 1. The van der Waals surface area contributed by atoms with Crippen molar-refractivity contribution in [2.45, 2.75) is 18.3 Å². The summed E-state index contributed by atoms with van der Waals surface area (Å²) in [6.45, 7) is 0. The Bertz CT molecular complexity index is 338. The van der Waals surface area contributed by atoms with Gasteiger partial charge in [0.15, 0.2) is 0 Å². The van der Waals surface area contributed by atoms with Gasteiger partial charge in [-0.2, -0.15) is 0 Å². The van der Waals surface area contributed by atoms with Crippen LogP contribution in [-0.2, 0) is 10.2 Å². The molecule has 0 saturated heterocycles. The van der Waals surface area contributed by atoms with E-state index in [1.165, 1.54) is 0 Å². The first kappa shape index (κ1) is 8.99. The number of hydrogen-bond acceptors (Lipinski definition) is 2. The Labute approximate surface area is 90.1 Å². The molecule has 1 aromatic carbocycles. The second kappa shape index (κ2) is 2.97. The van der Waals surface area contributed by atoms with Crippen LogP contribution in [-0.4, -0.2) is 8.90 Å². The minimum atomic E-state index is -0.228. The topological polar surface area (TPSA) is 37.3 Å². The molecule has 1 aliphatic rings. The number of rotatable bonds is 2. The third kappa shape index (κ3) is 1.45. The van der Waals surface area contributed by atoms with E-state index >= 15 is 0 Å². The second-order valence-electron chi connectivity index (χ2n) is 3.40. The highest BCUT2D eigenvalue weighted by Crippen LogP contribution is 2.50. The summed E-state index contributed by atoms with van der Waals surface area (Å²) in [7, 11) is 0. The lowest BCUT2D eigenvalue weighted by Gasteiger charge is -2.09. The summed E-state index contributed by atoms with van der Waals surface area (Å²) in [6, 6.07) is 6.93. The first-order valence-corrected chi connectivity index (χ1v) is 5.22. The van der Waals surface area contributed by atoms with Gasteiger partial charge in [0.05, 0.1) is 5.41 Å². The van der Waals surface area contributed by atoms with Crippen LogP contribution in [0.4, 0.5) is 0 Å². The molecule has 2 rings (SSSR count). The molecule has 0 heterocycles. The third-order valence-corrected chi connectivity index (χ3v) is 3.58. The van der Waals surface area contributed by atoms with Crippen molar-refractivity contribution in [2.24, 2.45) is 0 Å². The largest absolute Gasteiger partial charge is 0.508 e. The van der Waals surface area contributed by atoms with E-state index in [0.29, 0.717) is 0 Å². The van der Waals surface area contributed by atoms with E-state index in [9.17, 15) is 4.79 Å². The molecule has 0 amide bonds. The molecule has 0 atom stereocenters. The lowest BCUT2D eigenvalue weighted by Crippen LogP contribution is -2.13. The average Bonchev–Trinajstić information content (AvgIpc) is 2.86. The fourth-order valence-electron chi connectivity index (χ4n) is 1.50. The zero-order valence-corrected chi connectivity index (χ0v) is 9.11. The van der Waals surface area contributed by atoms with Gasteiger partial charge in [0.1, 0.15) is 5.75 Å². The van der Waals surface area contributed by atoms with Crippen molar-refractivity contribution >= 4 is 26.4 Å². The van der Waals surface area contributed by atoms with Crippen LogP contribution in [0.2, 0.25) is 0 Å². The highest BCUT2D eigenvalue weighted by molar-refractivity contribution is 14.1. The summed E-state index contributed by atoms with van der Waals surface area (Å²) >= 11 is 1.86. The molecule has 0 radical (unpaired) electrons. The number of phenolic OH excluding ortho intramolecular Hbond substituents is 1. The van der Waals surface area contributed by atoms with Gasteiger partial charge in [0.25, 0.3) is 0 Å². The molecular weight excluding hydrogens is 279 g/mol. The van der Waals surface area contributed by atoms with Crippen molar-refractivity contribution in [3.05, 3.63) is 29.8 Å². The summed E-state index contributed by atoms with van der Waals surface area (Å²) in [4.78, 5) is 11.3. The molecule has 1 N–H and O–H groups in total. The van der Waals surface area contributed by atoms with Crippen molar-refractivity contribution in [3.63, 3.8) is 0 Å². The molecule has 0 unspecified atom stereocenters. The minimum absolute atomic E-state index is 0.204. The summed E-state index contributed by atoms with van der Waals surface area (Å²) in [6.07, 6.45) is 1.89. The molecule has 1 aliphatic carbocycles. The number of halogens is 1. The van der Waals surface area contributed by atoms with Crippen LogP contribution in [0, 0.1) is 0 Å². The predicted molar refractivity (Wildman–Crippen MR) is 58.0 cm³/mol. The van der Waals surface area contributed by atoms with Gasteiger partial charge in [0.2, 0.25) is 3.79 Å². The Morgan fingerprint density at radius 1 is 1.31 bits per heavy atom. The highest BCUT2D eigenvalue weighted by Gasteiger charge is 2.49. The molecule has 0 bridgehead atoms. The molecule has 0 spiro atoms. The van der Waals surface area contributed by atoms with Crippen LogP contribution in [0.15, 0.2) is 24.3 Å². The molecular formula is C10H9IO2. The van der Waals surface area contributed by atoms with Crippen molar-refractivity contribution in [3.8, 4) is 5.75 Å². The SMILES string of the molecule is O=C(I)C1(c2ccc(O)cc2)CC1. The minimum Gasteiger partial charge on any atom is -0.508 e. The normalized spacial score (nSPS) is 18.2. The number of benzene rings is 1. The maximum absolute atomic E-state index is 11.3. The van der Waals surface area contributed by atoms with Gasteiger partial charge in [-0.05, 0) is 30.5 Å². The van der Waals surface area contributed by atoms with E-state index in [1.54, 1.807) is 12.1 Å². The number of carbonyl (C=O) groups is 1. The van der Waals surface area contributed by atoms with Gasteiger partial charge < -0.3 is 5.11 Å². The zero-order chi connectivity index (χ0) is 9.47. The van der Waals surface area contributed by atoms with Crippen molar-refractivity contribution < 1.29 is 9.90 Å². The third-order valence-electron chi connectivity index (χ3n) is 2.55. The van der Waals surface area contributed by atoms with Crippen molar-refractivity contribution in [2.75, 3.05) is 0 Å². The zero-order valence-electron chi connectivity index (χ0n) is 6.96. The van der Waals surface area contributed by atoms with E-state index in [4.69, 9.17) is 5.11 Å². The molecule has 0 aliphatic heterocycles. The summed E-state index contributed by atoms with van der Waals surface area (Å²) in [5, 5.41) is 9.09. The fraction of sp³-hybridized carbons (Fsp3) is 0.300. The highest BCUT2D eigenvalue weighted by atomic mass is 127. The Morgan fingerprint density at radius 3 is 2.23 bits per heavy atom. The van der Waals surface area contributed by atoms with Gasteiger partial charge in [-0.3, -0.25) is 4.79 Å². The number of hydrogen-bond donors (Lipinski definition) is 1. The molecule has 3 heteroatoms. The molecule has 1 fully saturated rings. The number of aromatic hydroxyl groups is 1. The summed E-state index contributed by atoms with van der Waals surface area (Å²) in [5.74, 6) is 0.250. The first-order chi connectivity index (χ1) is 6.15. The molecule has 68 valence electrons. The lowest BCUT2D eigenvalue weighted by atomic mass is 9.98.